The summed E-state index contributed by atoms with van der Waals surface area (Å²) < 4.78 is 28.4. The molecule has 1 heterocycles. The van der Waals surface area contributed by atoms with E-state index in [2.05, 4.69) is 106 Å². The third-order valence-electron chi connectivity index (χ3n) is 14.2. The summed E-state index contributed by atoms with van der Waals surface area (Å²) >= 11 is 0. The predicted molar refractivity (Wildman–Crippen MR) is 331 cm³/mol. The zero-order valence-electron chi connectivity index (χ0n) is 51.0. The number of allylic oxidation sites excluding steroid dienone is 16. The molecule has 0 aromatic carbocycles. The minimum Gasteiger partial charge on any atom is -0.479 e. The molecule has 1 fully saturated rings. The van der Waals surface area contributed by atoms with Crippen molar-refractivity contribution in [3.63, 3.8) is 0 Å². The fraction of sp³-hybridized carbons (Fsp3) is 0.710. The van der Waals surface area contributed by atoms with Crippen molar-refractivity contribution >= 4 is 23.9 Å². The van der Waals surface area contributed by atoms with Crippen LogP contribution in [0.4, 0.5) is 0 Å². The van der Waals surface area contributed by atoms with E-state index in [1.807, 2.05) is 12.2 Å². The van der Waals surface area contributed by atoms with Gasteiger partial charge in [-0.25, -0.2) is 4.79 Å². The van der Waals surface area contributed by atoms with E-state index in [1.165, 1.54) is 109 Å². The number of carboxylic acids is 1. The highest BCUT2D eigenvalue weighted by molar-refractivity contribution is 5.74. The summed E-state index contributed by atoms with van der Waals surface area (Å²) in [5, 5.41) is 31.6. The molecule has 0 aromatic heterocycles. The van der Waals surface area contributed by atoms with Gasteiger partial charge in [-0.05, 0) is 89.9 Å². The molecular formula is C69H114O12. The lowest BCUT2D eigenvalue weighted by Crippen LogP contribution is -2.61. The van der Waals surface area contributed by atoms with Crippen molar-refractivity contribution in [3.05, 3.63) is 97.2 Å². The van der Waals surface area contributed by atoms with E-state index < -0.39 is 67.3 Å². The first kappa shape index (κ1) is 74.7. The van der Waals surface area contributed by atoms with Crippen molar-refractivity contribution in [1.82, 2.24) is 0 Å². The molecule has 1 saturated heterocycles. The van der Waals surface area contributed by atoms with Gasteiger partial charge in [0, 0.05) is 19.3 Å². The Bertz CT molecular complexity index is 1780. The number of rotatable bonds is 54. The second-order valence-corrected chi connectivity index (χ2v) is 21.7. The summed E-state index contributed by atoms with van der Waals surface area (Å²) in [6, 6.07) is 0. The van der Waals surface area contributed by atoms with Crippen LogP contribution in [0.25, 0.3) is 0 Å². The maximum Gasteiger partial charge on any atom is 0.335 e. The predicted octanol–water partition coefficient (Wildman–Crippen LogP) is 17.2. The van der Waals surface area contributed by atoms with E-state index in [-0.39, 0.29) is 25.9 Å². The van der Waals surface area contributed by atoms with Crippen molar-refractivity contribution in [3.8, 4) is 0 Å². The van der Waals surface area contributed by atoms with Crippen LogP contribution < -0.4 is 0 Å². The van der Waals surface area contributed by atoms with E-state index in [9.17, 15) is 34.5 Å². The Morgan fingerprint density at radius 1 is 0.420 bits per heavy atom. The molecule has 81 heavy (non-hydrogen) atoms. The molecule has 0 radical (unpaired) electrons. The lowest BCUT2D eigenvalue weighted by molar-refractivity contribution is -0.301. The van der Waals surface area contributed by atoms with Gasteiger partial charge in [0.25, 0.3) is 0 Å². The van der Waals surface area contributed by atoms with Gasteiger partial charge in [0.05, 0.1) is 6.61 Å². The molecule has 0 spiro atoms. The summed E-state index contributed by atoms with van der Waals surface area (Å²) in [6.07, 6.45) is 62.3. The van der Waals surface area contributed by atoms with Crippen LogP contribution in [0.3, 0.4) is 0 Å². The SMILES string of the molecule is CC/C=C\C/C=C\C/C=C\C/C=C\C/C=C\C/C=C\CCC(=O)OCC(COC1OC(C(=O)O)C(O)C(O)C1OC(=O)CCCCCCCCCCC/C=C\C/C=C\CCCCC)OC(=O)CCCCCCCCCCCCCCC. The molecule has 0 aromatic rings. The van der Waals surface area contributed by atoms with Gasteiger partial charge in [-0.1, -0.05) is 253 Å². The first-order valence-corrected chi connectivity index (χ1v) is 32.2. The molecule has 1 aliphatic heterocycles. The summed E-state index contributed by atoms with van der Waals surface area (Å²) in [7, 11) is 0. The first-order valence-electron chi connectivity index (χ1n) is 32.2. The standard InChI is InChI=1S/C69H114O12/c1-4-7-10-13-16-19-22-25-27-29-31-33-35-38-40-43-46-49-52-55-61(70)77-58-60(79-62(71)56-53-50-47-44-41-37-24-21-18-15-12-9-6-3)59-78-69-67(65(74)64(73)66(81-69)68(75)76)80-63(72)57-54-51-48-45-42-39-36-34-32-30-28-26-23-20-17-14-11-8-5-2/h7,10,16-17,19-20,25-28,31,33,38,40,46,49,60,64-67,69,73-74H,4-6,8-9,11-15,18,21-24,29-30,32,34-37,39,41-45,47-48,50-59H2,1-3H3,(H,75,76)/b10-7-,19-16-,20-17-,27-25-,28-26-,33-31-,40-38-,49-46-. The molecule has 0 bridgehead atoms. The normalized spacial score (nSPS) is 18.4. The van der Waals surface area contributed by atoms with E-state index in [1.54, 1.807) is 0 Å². The zero-order chi connectivity index (χ0) is 58.9. The number of aliphatic carboxylic acids is 1. The second kappa shape index (κ2) is 56.1. The first-order chi connectivity index (χ1) is 39.6. The van der Waals surface area contributed by atoms with Crippen molar-refractivity contribution in [2.75, 3.05) is 13.2 Å². The van der Waals surface area contributed by atoms with Gasteiger partial charge < -0.3 is 39.0 Å². The van der Waals surface area contributed by atoms with Gasteiger partial charge in [-0.3, -0.25) is 14.4 Å². The Balaban J connectivity index is 2.69. The van der Waals surface area contributed by atoms with Crippen LogP contribution in [0.15, 0.2) is 97.2 Å². The van der Waals surface area contributed by atoms with Gasteiger partial charge in [-0.2, -0.15) is 0 Å². The maximum atomic E-state index is 13.2. The van der Waals surface area contributed by atoms with Crippen molar-refractivity contribution < 1.29 is 58.2 Å². The summed E-state index contributed by atoms with van der Waals surface area (Å²) in [6.45, 7) is 5.81. The highest BCUT2D eigenvalue weighted by atomic mass is 16.7. The number of carbonyl (C=O) groups is 4. The highest BCUT2D eigenvalue weighted by Gasteiger charge is 2.50. The van der Waals surface area contributed by atoms with Gasteiger partial charge in [0.2, 0.25) is 0 Å². The van der Waals surface area contributed by atoms with E-state index in [0.717, 1.165) is 96.3 Å². The molecule has 1 aliphatic rings. The smallest absolute Gasteiger partial charge is 0.335 e. The molecular weight excluding hydrogens is 1020 g/mol. The van der Waals surface area contributed by atoms with E-state index >= 15 is 0 Å². The number of unbranched alkanes of at least 4 members (excludes halogenated alkanes) is 24. The van der Waals surface area contributed by atoms with Gasteiger partial charge in [0.15, 0.2) is 24.6 Å². The van der Waals surface area contributed by atoms with Gasteiger partial charge >= 0.3 is 23.9 Å². The molecule has 1 rings (SSSR count). The number of hydrogen-bond acceptors (Lipinski definition) is 11. The number of esters is 3. The van der Waals surface area contributed by atoms with Crippen LogP contribution in [0, 0.1) is 0 Å². The number of aliphatic hydroxyl groups is 2. The third kappa shape index (κ3) is 45.8. The molecule has 12 nitrogen and oxygen atoms in total. The average Bonchev–Trinajstić information content (AvgIpc) is 3.45. The Morgan fingerprint density at radius 3 is 1.26 bits per heavy atom. The molecule has 0 amide bonds. The number of aliphatic hydroxyl groups excluding tert-OH is 2. The minimum absolute atomic E-state index is 0.0461. The molecule has 6 unspecified atom stereocenters. The highest BCUT2D eigenvalue weighted by Crippen LogP contribution is 2.26. The van der Waals surface area contributed by atoms with E-state index in [0.29, 0.717) is 19.3 Å². The molecule has 0 saturated carbocycles. The number of ether oxygens (including phenoxy) is 5. The van der Waals surface area contributed by atoms with Gasteiger partial charge in [0.1, 0.15) is 18.8 Å². The Kier molecular flexibility index (Phi) is 51.7. The zero-order valence-corrected chi connectivity index (χ0v) is 51.0. The van der Waals surface area contributed by atoms with Crippen LogP contribution in [0.2, 0.25) is 0 Å². The average molecular weight is 1140 g/mol. The molecule has 6 atom stereocenters. The topological polar surface area (TPSA) is 175 Å². The lowest BCUT2D eigenvalue weighted by Gasteiger charge is -2.40. The molecule has 12 heteroatoms. The molecule has 462 valence electrons. The Morgan fingerprint density at radius 2 is 0.802 bits per heavy atom. The maximum absolute atomic E-state index is 13.2. The summed E-state index contributed by atoms with van der Waals surface area (Å²) in [4.78, 5) is 51.3. The van der Waals surface area contributed by atoms with Crippen LogP contribution in [0.5, 0.6) is 0 Å². The third-order valence-corrected chi connectivity index (χ3v) is 14.2. The fourth-order valence-electron chi connectivity index (χ4n) is 9.25. The Labute approximate surface area is 492 Å². The van der Waals surface area contributed by atoms with Crippen molar-refractivity contribution in [2.45, 2.75) is 302 Å². The van der Waals surface area contributed by atoms with Crippen LogP contribution in [-0.2, 0) is 42.9 Å². The van der Waals surface area contributed by atoms with Crippen LogP contribution in [0.1, 0.15) is 265 Å². The molecule has 0 aliphatic carbocycles. The summed E-state index contributed by atoms with van der Waals surface area (Å²) in [5.41, 5.74) is 0. The van der Waals surface area contributed by atoms with Gasteiger partial charge in [-0.15, -0.1) is 0 Å². The number of carboxylic acid groups (broad SMARTS) is 1. The van der Waals surface area contributed by atoms with Crippen LogP contribution in [-0.4, -0.2) is 89.2 Å². The Hall–Kier alpha value is -4.36. The largest absolute Gasteiger partial charge is 0.479 e. The lowest BCUT2D eigenvalue weighted by atomic mass is 9.98. The number of carbonyl (C=O) groups excluding carboxylic acids is 3. The van der Waals surface area contributed by atoms with Crippen molar-refractivity contribution in [1.29, 1.82) is 0 Å². The van der Waals surface area contributed by atoms with E-state index in [4.69, 9.17) is 23.7 Å². The quantitative estimate of drug-likeness (QED) is 0.0228. The minimum atomic E-state index is -1.92. The fourth-order valence-corrected chi connectivity index (χ4v) is 9.25. The molecule has 3 N–H and O–H groups in total. The second-order valence-electron chi connectivity index (χ2n) is 21.7. The summed E-state index contributed by atoms with van der Waals surface area (Å²) in [5.74, 6) is -3.23. The van der Waals surface area contributed by atoms with Crippen LogP contribution >= 0.6 is 0 Å². The van der Waals surface area contributed by atoms with Crippen molar-refractivity contribution in [2.24, 2.45) is 0 Å². The monoisotopic (exact) mass is 1130 g/mol. The number of hydrogen-bond donors (Lipinski definition) is 3.